The topological polar surface area (TPSA) is 42.0 Å². The number of anilines is 1. The molecule has 1 heterocycles. The highest BCUT2D eigenvalue weighted by atomic mass is 19.4. The van der Waals surface area contributed by atoms with Gasteiger partial charge in [-0.1, -0.05) is 6.07 Å². The Bertz CT molecular complexity index is 577. The standard InChI is InChI=1S/C16H21F3N2O3/c1-15(2,3)24-14(22)21-9-7-20(8-10-21)12-5-4-6-13(11-12)23-16(17,18)19/h4-6,11H,7-10H2,1-3H3. The van der Waals surface area contributed by atoms with E-state index in [1.165, 1.54) is 18.2 Å². The first-order chi connectivity index (χ1) is 11.0. The highest BCUT2D eigenvalue weighted by Gasteiger charge is 2.31. The smallest absolute Gasteiger partial charge is 0.444 e. The van der Waals surface area contributed by atoms with Crippen molar-refractivity contribution in [3.05, 3.63) is 24.3 Å². The SMILES string of the molecule is CC(C)(C)OC(=O)N1CCN(c2cccc(OC(F)(F)F)c2)CC1. The fraction of sp³-hybridized carbons (Fsp3) is 0.562. The maximum absolute atomic E-state index is 12.3. The molecule has 0 radical (unpaired) electrons. The third kappa shape index (κ3) is 5.50. The molecule has 8 heteroatoms. The lowest BCUT2D eigenvalue weighted by Gasteiger charge is -2.36. The quantitative estimate of drug-likeness (QED) is 0.820. The molecule has 5 nitrogen and oxygen atoms in total. The first-order valence-corrected chi connectivity index (χ1v) is 7.62. The van der Waals surface area contributed by atoms with Crippen LogP contribution in [0.2, 0.25) is 0 Å². The largest absolute Gasteiger partial charge is 0.573 e. The van der Waals surface area contributed by atoms with Crippen molar-refractivity contribution in [2.45, 2.75) is 32.7 Å². The van der Waals surface area contributed by atoms with Gasteiger partial charge in [-0.3, -0.25) is 0 Å². The van der Waals surface area contributed by atoms with E-state index in [9.17, 15) is 18.0 Å². The van der Waals surface area contributed by atoms with Crippen molar-refractivity contribution in [3.8, 4) is 5.75 Å². The van der Waals surface area contributed by atoms with Gasteiger partial charge in [0.15, 0.2) is 0 Å². The number of piperazine rings is 1. The molecule has 24 heavy (non-hydrogen) atoms. The van der Waals surface area contributed by atoms with Crippen LogP contribution in [-0.4, -0.2) is 49.1 Å². The lowest BCUT2D eigenvalue weighted by atomic mass is 10.2. The van der Waals surface area contributed by atoms with Crippen molar-refractivity contribution in [1.29, 1.82) is 0 Å². The van der Waals surface area contributed by atoms with Crippen LogP contribution in [0.1, 0.15) is 20.8 Å². The van der Waals surface area contributed by atoms with Gasteiger partial charge in [-0.15, -0.1) is 13.2 Å². The van der Waals surface area contributed by atoms with Crippen LogP contribution >= 0.6 is 0 Å². The number of hydrogen-bond donors (Lipinski definition) is 0. The minimum atomic E-state index is -4.71. The second-order valence-electron chi connectivity index (χ2n) is 6.50. The predicted octanol–water partition coefficient (Wildman–Crippen LogP) is 3.64. The summed E-state index contributed by atoms with van der Waals surface area (Å²) >= 11 is 0. The number of rotatable bonds is 2. The molecule has 0 atom stereocenters. The number of benzene rings is 1. The molecule has 0 aromatic heterocycles. The summed E-state index contributed by atoms with van der Waals surface area (Å²) in [4.78, 5) is 15.5. The zero-order valence-corrected chi connectivity index (χ0v) is 13.9. The van der Waals surface area contributed by atoms with Gasteiger partial charge in [0.05, 0.1) is 0 Å². The summed E-state index contributed by atoms with van der Waals surface area (Å²) in [6.07, 6.45) is -5.09. The zero-order chi connectivity index (χ0) is 18.0. The molecule has 2 rings (SSSR count). The minimum Gasteiger partial charge on any atom is -0.444 e. The number of ether oxygens (including phenoxy) is 2. The number of carbonyl (C=O) groups is 1. The monoisotopic (exact) mass is 346 g/mol. The van der Waals surface area contributed by atoms with Crippen molar-refractivity contribution in [2.24, 2.45) is 0 Å². The molecule has 0 N–H and O–H groups in total. The number of carbonyl (C=O) groups excluding carboxylic acids is 1. The van der Waals surface area contributed by atoms with Crippen LogP contribution in [-0.2, 0) is 4.74 Å². The van der Waals surface area contributed by atoms with Gasteiger partial charge in [0.1, 0.15) is 11.4 Å². The number of alkyl halides is 3. The molecule has 1 saturated heterocycles. The van der Waals surface area contributed by atoms with Crippen molar-refractivity contribution < 1.29 is 27.4 Å². The van der Waals surface area contributed by atoms with Crippen LogP contribution in [0.4, 0.5) is 23.7 Å². The van der Waals surface area contributed by atoms with Gasteiger partial charge in [-0.05, 0) is 32.9 Å². The molecular formula is C16H21F3N2O3. The van der Waals surface area contributed by atoms with Gasteiger partial charge >= 0.3 is 12.5 Å². The number of hydrogen-bond acceptors (Lipinski definition) is 4. The molecule has 1 aliphatic heterocycles. The second-order valence-corrected chi connectivity index (χ2v) is 6.50. The number of halogens is 3. The van der Waals surface area contributed by atoms with E-state index in [0.717, 1.165) is 0 Å². The van der Waals surface area contributed by atoms with Gasteiger partial charge in [-0.2, -0.15) is 0 Å². The fourth-order valence-electron chi connectivity index (χ4n) is 2.35. The highest BCUT2D eigenvalue weighted by Crippen LogP contribution is 2.27. The van der Waals surface area contributed by atoms with E-state index < -0.39 is 12.0 Å². The van der Waals surface area contributed by atoms with E-state index >= 15 is 0 Å². The summed E-state index contributed by atoms with van der Waals surface area (Å²) in [6.45, 7) is 7.30. The van der Waals surface area contributed by atoms with Crippen molar-refractivity contribution in [1.82, 2.24) is 4.90 Å². The van der Waals surface area contributed by atoms with Crippen molar-refractivity contribution in [2.75, 3.05) is 31.1 Å². The van der Waals surface area contributed by atoms with Gasteiger partial charge in [0.2, 0.25) is 0 Å². The van der Waals surface area contributed by atoms with Crippen molar-refractivity contribution in [3.63, 3.8) is 0 Å². The first-order valence-electron chi connectivity index (χ1n) is 7.62. The van der Waals surface area contributed by atoms with E-state index in [4.69, 9.17) is 4.74 Å². The summed E-state index contributed by atoms with van der Waals surface area (Å²) in [6, 6.07) is 5.83. The lowest BCUT2D eigenvalue weighted by molar-refractivity contribution is -0.274. The molecule has 0 saturated carbocycles. The van der Waals surface area contributed by atoms with Gasteiger partial charge in [0.25, 0.3) is 0 Å². The van der Waals surface area contributed by atoms with Crippen LogP contribution in [0.5, 0.6) is 5.75 Å². The Labute approximate surface area is 138 Å². The minimum absolute atomic E-state index is 0.255. The lowest BCUT2D eigenvalue weighted by Crippen LogP contribution is -2.50. The summed E-state index contributed by atoms with van der Waals surface area (Å²) in [5, 5.41) is 0. The molecule has 134 valence electrons. The average Bonchev–Trinajstić information content (AvgIpc) is 2.44. The molecule has 1 aromatic rings. The Balaban J connectivity index is 1.95. The Hall–Kier alpha value is -2.12. The first kappa shape index (κ1) is 18.2. The maximum Gasteiger partial charge on any atom is 0.573 e. The number of amides is 1. The van der Waals surface area contributed by atoms with Crippen LogP contribution in [0.3, 0.4) is 0 Å². The molecule has 1 aliphatic rings. The van der Waals surface area contributed by atoms with E-state index in [1.807, 2.05) is 4.90 Å². The predicted molar refractivity (Wildman–Crippen MR) is 83.1 cm³/mol. The Kier molecular flexibility index (Phi) is 5.15. The Morgan fingerprint density at radius 2 is 1.71 bits per heavy atom. The van der Waals surface area contributed by atoms with Crippen LogP contribution in [0.25, 0.3) is 0 Å². The third-order valence-corrected chi connectivity index (χ3v) is 3.35. The molecule has 0 bridgehead atoms. The molecule has 0 aliphatic carbocycles. The summed E-state index contributed by atoms with van der Waals surface area (Å²) in [7, 11) is 0. The number of nitrogens with zero attached hydrogens (tertiary/aromatic N) is 2. The van der Waals surface area contributed by atoms with E-state index in [0.29, 0.717) is 31.9 Å². The zero-order valence-electron chi connectivity index (χ0n) is 13.9. The van der Waals surface area contributed by atoms with Crippen LogP contribution in [0, 0.1) is 0 Å². The van der Waals surface area contributed by atoms with Gasteiger partial charge < -0.3 is 19.3 Å². The van der Waals surface area contributed by atoms with Gasteiger partial charge in [0, 0.05) is 37.9 Å². The van der Waals surface area contributed by atoms with Gasteiger partial charge in [-0.25, -0.2) is 4.79 Å². The summed E-state index contributed by atoms with van der Waals surface area (Å²) in [5.74, 6) is -0.255. The Morgan fingerprint density at radius 1 is 1.08 bits per heavy atom. The normalized spacial score (nSPS) is 16.1. The van der Waals surface area contributed by atoms with E-state index in [1.54, 1.807) is 31.7 Å². The second kappa shape index (κ2) is 6.78. The summed E-state index contributed by atoms with van der Waals surface area (Å²) < 4.78 is 46.1. The third-order valence-electron chi connectivity index (χ3n) is 3.35. The molecule has 0 spiro atoms. The molecule has 0 unspecified atom stereocenters. The Morgan fingerprint density at radius 3 is 2.25 bits per heavy atom. The van der Waals surface area contributed by atoms with Crippen LogP contribution < -0.4 is 9.64 Å². The van der Waals surface area contributed by atoms with E-state index in [-0.39, 0.29) is 11.8 Å². The molecule has 1 amide bonds. The average molecular weight is 346 g/mol. The highest BCUT2D eigenvalue weighted by molar-refractivity contribution is 5.68. The van der Waals surface area contributed by atoms with E-state index in [2.05, 4.69) is 4.74 Å². The maximum atomic E-state index is 12.3. The molecule has 1 fully saturated rings. The fourth-order valence-corrected chi connectivity index (χ4v) is 2.35. The van der Waals surface area contributed by atoms with Crippen molar-refractivity contribution >= 4 is 11.8 Å². The van der Waals surface area contributed by atoms with Crippen LogP contribution in [0.15, 0.2) is 24.3 Å². The molecular weight excluding hydrogens is 325 g/mol. The summed E-state index contributed by atoms with van der Waals surface area (Å²) in [5.41, 5.74) is 0.0675. The molecule has 1 aromatic carbocycles.